The van der Waals surface area contributed by atoms with Crippen molar-refractivity contribution in [1.82, 2.24) is 10.6 Å². The molecule has 1 rings (SSSR count). The second-order valence-corrected chi connectivity index (χ2v) is 2.45. The summed E-state index contributed by atoms with van der Waals surface area (Å²) >= 11 is 0. The van der Waals surface area contributed by atoms with Gasteiger partial charge in [-0.2, -0.15) is 0 Å². The van der Waals surface area contributed by atoms with Gasteiger partial charge in [-0.05, 0) is 6.92 Å². The highest BCUT2D eigenvalue weighted by molar-refractivity contribution is 5.97. The van der Waals surface area contributed by atoms with Gasteiger partial charge in [0.2, 0.25) is 11.8 Å². The number of carbonyl (C=O) groups excluding carboxylic acids is 2. The number of hydrogen-bond acceptors (Lipinski definition) is 2. The quantitative estimate of drug-likeness (QED) is 0.484. The lowest BCUT2D eigenvalue weighted by Gasteiger charge is -2.25. The third kappa shape index (κ3) is 1.39. The molecule has 0 aromatic carbocycles. The highest BCUT2D eigenvalue weighted by atomic mass is 16.2. The first-order valence-electron chi connectivity index (χ1n) is 3.38. The van der Waals surface area contributed by atoms with E-state index >= 15 is 0 Å². The molecular formula is C7H10N2O2. The van der Waals surface area contributed by atoms with Crippen molar-refractivity contribution in [2.24, 2.45) is 0 Å². The summed E-state index contributed by atoms with van der Waals surface area (Å²) in [5.74, 6) is -0.374. The van der Waals surface area contributed by atoms with Crippen molar-refractivity contribution in [2.75, 3.05) is 0 Å². The topological polar surface area (TPSA) is 58.2 Å². The number of carbonyl (C=O) groups is 2. The van der Waals surface area contributed by atoms with E-state index in [4.69, 9.17) is 0 Å². The van der Waals surface area contributed by atoms with Crippen molar-refractivity contribution >= 4 is 11.8 Å². The molecule has 1 saturated heterocycles. The van der Waals surface area contributed by atoms with Crippen LogP contribution in [0, 0.1) is 0 Å². The van der Waals surface area contributed by atoms with Crippen LogP contribution in [-0.2, 0) is 9.59 Å². The molecule has 1 aliphatic rings. The molecule has 1 heterocycles. The lowest BCUT2D eigenvalue weighted by atomic mass is 10.1. The number of nitrogens with one attached hydrogen (secondary N) is 2. The van der Waals surface area contributed by atoms with E-state index in [-0.39, 0.29) is 11.8 Å². The molecule has 4 nitrogen and oxygen atoms in total. The average Bonchev–Trinajstić information content (AvgIpc) is 1.97. The zero-order valence-corrected chi connectivity index (χ0v) is 6.26. The Morgan fingerprint density at radius 2 is 2.00 bits per heavy atom. The normalized spacial score (nSPS) is 30.6. The average molecular weight is 154 g/mol. The highest BCUT2D eigenvalue weighted by Crippen LogP contribution is 1.96. The Bertz CT molecular complexity index is 212. The minimum absolute atomic E-state index is 0.172. The second kappa shape index (κ2) is 2.74. The first kappa shape index (κ1) is 7.78. The minimum Gasteiger partial charge on any atom is -0.343 e. The van der Waals surface area contributed by atoms with Crippen LogP contribution in [0.25, 0.3) is 0 Å². The summed E-state index contributed by atoms with van der Waals surface area (Å²) in [6.07, 6.45) is 1.40. The summed E-state index contributed by atoms with van der Waals surface area (Å²) in [5, 5.41) is 5.00. The molecule has 11 heavy (non-hydrogen) atoms. The lowest BCUT2D eigenvalue weighted by molar-refractivity contribution is -0.135. The van der Waals surface area contributed by atoms with E-state index in [1.165, 1.54) is 6.08 Å². The summed E-state index contributed by atoms with van der Waals surface area (Å²) in [6, 6.07) is -1.00. The molecular weight excluding hydrogens is 144 g/mol. The van der Waals surface area contributed by atoms with Crippen molar-refractivity contribution in [1.29, 1.82) is 0 Å². The van der Waals surface area contributed by atoms with Gasteiger partial charge >= 0.3 is 0 Å². The van der Waals surface area contributed by atoms with Gasteiger partial charge in [0.25, 0.3) is 0 Å². The van der Waals surface area contributed by atoms with Crippen LogP contribution >= 0.6 is 0 Å². The van der Waals surface area contributed by atoms with Gasteiger partial charge in [-0.1, -0.05) is 6.08 Å². The number of amides is 2. The maximum Gasteiger partial charge on any atom is 0.247 e. The van der Waals surface area contributed by atoms with E-state index in [2.05, 4.69) is 17.2 Å². The van der Waals surface area contributed by atoms with E-state index in [0.717, 1.165) is 0 Å². The Morgan fingerprint density at radius 1 is 1.36 bits per heavy atom. The van der Waals surface area contributed by atoms with Gasteiger partial charge < -0.3 is 10.6 Å². The van der Waals surface area contributed by atoms with Gasteiger partial charge in [-0.15, -0.1) is 6.58 Å². The van der Waals surface area contributed by atoms with Gasteiger partial charge in [0.1, 0.15) is 12.1 Å². The molecule has 0 spiro atoms. The van der Waals surface area contributed by atoms with Crippen LogP contribution in [0.3, 0.4) is 0 Å². The van der Waals surface area contributed by atoms with Gasteiger partial charge in [-0.3, -0.25) is 9.59 Å². The van der Waals surface area contributed by atoms with E-state index in [1.807, 2.05) is 0 Å². The summed E-state index contributed by atoms with van der Waals surface area (Å²) < 4.78 is 0. The minimum atomic E-state index is -0.571. The SMILES string of the molecule is C=CC1NC(=O)C(C)NC1=O. The Kier molecular flexibility index (Phi) is 1.94. The predicted octanol–water partition coefficient (Wildman–Crippen LogP) is -0.825. The van der Waals surface area contributed by atoms with Crippen LogP contribution < -0.4 is 10.6 Å². The van der Waals surface area contributed by atoms with Crippen LogP contribution in [0.5, 0.6) is 0 Å². The summed E-state index contributed by atoms with van der Waals surface area (Å²) in [6.45, 7) is 5.05. The Morgan fingerprint density at radius 3 is 2.55 bits per heavy atom. The van der Waals surface area contributed by atoms with Gasteiger partial charge in [-0.25, -0.2) is 0 Å². The first-order chi connectivity index (χ1) is 5.15. The summed E-state index contributed by atoms with van der Waals surface area (Å²) in [7, 11) is 0. The maximum atomic E-state index is 11.0. The smallest absolute Gasteiger partial charge is 0.247 e. The van der Waals surface area contributed by atoms with Gasteiger partial charge in [0.05, 0.1) is 0 Å². The van der Waals surface area contributed by atoms with E-state index < -0.39 is 12.1 Å². The second-order valence-electron chi connectivity index (χ2n) is 2.45. The Balaban J connectivity index is 2.69. The van der Waals surface area contributed by atoms with Gasteiger partial charge in [0.15, 0.2) is 0 Å². The predicted molar refractivity (Wildman–Crippen MR) is 39.7 cm³/mol. The summed E-state index contributed by atoms with van der Waals surface area (Å²) in [5.41, 5.74) is 0. The fraction of sp³-hybridized carbons (Fsp3) is 0.429. The molecule has 1 aliphatic heterocycles. The molecule has 0 aromatic heterocycles. The molecule has 0 bridgehead atoms. The van der Waals surface area contributed by atoms with E-state index in [1.54, 1.807) is 6.92 Å². The Labute approximate surface area is 64.7 Å². The molecule has 0 aromatic rings. The molecule has 0 aliphatic carbocycles. The van der Waals surface area contributed by atoms with Crippen molar-refractivity contribution in [3.63, 3.8) is 0 Å². The third-order valence-corrected chi connectivity index (χ3v) is 1.57. The zero-order chi connectivity index (χ0) is 8.43. The summed E-state index contributed by atoms with van der Waals surface area (Å²) in [4.78, 5) is 21.9. The number of rotatable bonds is 1. The molecule has 4 heteroatoms. The fourth-order valence-electron chi connectivity index (χ4n) is 0.878. The molecule has 1 fully saturated rings. The standard InChI is InChI=1S/C7H10N2O2/c1-3-5-7(11)8-4(2)6(10)9-5/h3-5H,1H2,2H3,(H,8,11)(H,9,10). The lowest BCUT2D eigenvalue weighted by Crippen LogP contribution is -2.59. The molecule has 60 valence electrons. The van der Waals surface area contributed by atoms with Crippen LogP contribution in [0.2, 0.25) is 0 Å². The molecule has 2 amide bonds. The monoisotopic (exact) mass is 154 g/mol. The molecule has 2 N–H and O–H groups in total. The Hall–Kier alpha value is -1.32. The van der Waals surface area contributed by atoms with Crippen LogP contribution in [0.1, 0.15) is 6.92 Å². The largest absolute Gasteiger partial charge is 0.343 e. The molecule has 2 atom stereocenters. The van der Waals surface area contributed by atoms with Crippen molar-refractivity contribution in [2.45, 2.75) is 19.0 Å². The maximum absolute atomic E-state index is 11.0. The van der Waals surface area contributed by atoms with E-state index in [9.17, 15) is 9.59 Å². The number of piperazine rings is 1. The molecule has 2 unspecified atom stereocenters. The zero-order valence-electron chi connectivity index (χ0n) is 6.26. The first-order valence-corrected chi connectivity index (χ1v) is 3.38. The van der Waals surface area contributed by atoms with Crippen molar-refractivity contribution in [3.05, 3.63) is 12.7 Å². The molecule has 0 radical (unpaired) electrons. The highest BCUT2D eigenvalue weighted by Gasteiger charge is 2.28. The van der Waals surface area contributed by atoms with Gasteiger partial charge in [0, 0.05) is 0 Å². The third-order valence-electron chi connectivity index (χ3n) is 1.57. The number of hydrogen-bond donors (Lipinski definition) is 2. The van der Waals surface area contributed by atoms with Crippen LogP contribution in [0.15, 0.2) is 12.7 Å². The van der Waals surface area contributed by atoms with Crippen LogP contribution in [-0.4, -0.2) is 23.9 Å². The van der Waals surface area contributed by atoms with Crippen LogP contribution in [0.4, 0.5) is 0 Å². The van der Waals surface area contributed by atoms with Crippen molar-refractivity contribution in [3.8, 4) is 0 Å². The molecule has 0 saturated carbocycles. The van der Waals surface area contributed by atoms with E-state index in [0.29, 0.717) is 0 Å². The fourth-order valence-corrected chi connectivity index (χ4v) is 0.878. The van der Waals surface area contributed by atoms with Crippen molar-refractivity contribution < 1.29 is 9.59 Å².